The first-order valence-electron chi connectivity index (χ1n) is 10.0. The zero-order valence-corrected chi connectivity index (χ0v) is 16.6. The highest BCUT2D eigenvalue weighted by Crippen LogP contribution is 2.21. The van der Waals surface area contributed by atoms with Gasteiger partial charge in [0.05, 0.1) is 18.5 Å². The molecule has 9 nitrogen and oxygen atoms in total. The Bertz CT molecular complexity index is 809. The molecule has 0 bridgehead atoms. The molecule has 2 saturated heterocycles. The number of hydrogen-bond acceptors (Lipinski definition) is 5. The molecule has 28 heavy (non-hydrogen) atoms. The molecule has 0 saturated carbocycles. The number of aryl methyl sites for hydroxylation is 2. The molecular formula is C19H29N7O2. The lowest BCUT2D eigenvalue weighted by molar-refractivity contribution is 0.181. The van der Waals surface area contributed by atoms with Crippen LogP contribution in [0.15, 0.2) is 18.3 Å². The van der Waals surface area contributed by atoms with Crippen LogP contribution < -0.4 is 15.5 Å². The zero-order chi connectivity index (χ0) is 19.5. The van der Waals surface area contributed by atoms with Gasteiger partial charge in [-0.25, -0.2) is 9.48 Å². The first-order chi connectivity index (χ1) is 13.6. The first kappa shape index (κ1) is 18.8. The van der Waals surface area contributed by atoms with Crippen molar-refractivity contribution >= 4 is 17.7 Å². The fourth-order valence-corrected chi connectivity index (χ4v) is 4.09. The highest BCUT2D eigenvalue weighted by atomic mass is 16.5. The third-order valence-corrected chi connectivity index (χ3v) is 5.47. The molecule has 9 heteroatoms. The summed E-state index contributed by atoms with van der Waals surface area (Å²) in [6.45, 7) is 6.09. The molecule has 0 aromatic carbocycles. The molecule has 4 rings (SSSR count). The van der Waals surface area contributed by atoms with Crippen LogP contribution >= 0.6 is 0 Å². The van der Waals surface area contributed by atoms with Crippen molar-refractivity contribution in [1.29, 1.82) is 0 Å². The number of rotatable bonds is 5. The molecule has 4 heterocycles. The summed E-state index contributed by atoms with van der Waals surface area (Å²) < 4.78 is 9.19. The van der Waals surface area contributed by atoms with Crippen LogP contribution in [0.1, 0.15) is 25.0 Å². The molecule has 2 atom stereocenters. The Hall–Kier alpha value is -2.55. The van der Waals surface area contributed by atoms with Crippen molar-refractivity contribution < 1.29 is 9.53 Å². The van der Waals surface area contributed by atoms with Crippen LogP contribution in [0.25, 0.3) is 0 Å². The second-order valence-corrected chi connectivity index (χ2v) is 7.78. The van der Waals surface area contributed by atoms with Gasteiger partial charge in [-0.05, 0) is 26.2 Å². The second kappa shape index (κ2) is 8.22. The van der Waals surface area contributed by atoms with E-state index in [-0.39, 0.29) is 12.1 Å². The summed E-state index contributed by atoms with van der Waals surface area (Å²) in [4.78, 5) is 14.8. The molecule has 2 aliphatic heterocycles. The molecular weight excluding hydrogens is 358 g/mol. The van der Waals surface area contributed by atoms with Crippen LogP contribution in [0.5, 0.6) is 0 Å². The maximum atomic E-state index is 12.6. The van der Waals surface area contributed by atoms with E-state index in [0.717, 1.165) is 69.4 Å². The lowest BCUT2D eigenvalue weighted by Crippen LogP contribution is -2.49. The average molecular weight is 387 g/mol. The number of carbonyl (C=O) groups excluding carboxylic acids is 1. The van der Waals surface area contributed by atoms with Crippen molar-refractivity contribution in [2.75, 3.05) is 36.5 Å². The van der Waals surface area contributed by atoms with Gasteiger partial charge in [-0.3, -0.25) is 10.00 Å². The molecule has 2 N–H and O–H groups in total. The number of nitrogens with one attached hydrogen (secondary N) is 2. The number of urea groups is 1. The second-order valence-electron chi connectivity index (χ2n) is 7.78. The Kier molecular flexibility index (Phi) is 5.52. The third-order valence-electron chi connectivity index (χ3n) is 5.47. The van der Waals surface area contributed by atoms with E-state index in [2.05, 4.69) is 31.8 Å². The van der Waals surface area contributed by atoms with E-state index in [1.807, 2.05) is 29.4 Å². The Balaban J connectivity index is 1.32. The molecule has 2 aromatic rings. The van der Waals surface area contributed by atoms with Gasteiger partial charge in [0, 0.05) is 57.4 Å². The van der Waals surface area contributed by atoms with Crippen molar-refractivity contribution in [3.8, 4) is 0 Å². The van der Waals surface area contributed by atoms with Gasteiger partial charge in [-0.1, -0.05) is 0 Å². The summed E-state index contributed by atoms with van der Waals surface area (Å²) in [6.07, 6.45) is 4.77. The van der Waals surface area contributed by atoms with Crippen LogP contribution in [-0.2, 0) is 18.3 Å². The van der Waals surface area contributed by atoms with Gasteiger partial charge in [-0.2, -0.15) is 10.2 Å². The Morgan fingerprint density at radius 2 is 2.29 bits per heavy atom. The number of hydrogen-bond donors (Lipinski definition) is 2. The van der Waals surface area contributed by atoms with Gasteiger partial charge in [0.1, 0.15) is 11.6 Å². The van der Waals surface area contributed by atoms with E-state index in [1.54, 1.807) is 6.20 Å². The van der Waals surface area contributed by atoms with Crippen molar-refractivity contribution in [2.24, 2.45) is 13.0 Å². The topological polar surface area (TPSA) is 89.2 Å². The minimum atomic E-state index is -0.183. The van der Waals surface area contributed by atoms with Crippen LogP contribution in [0, 0.1) is 12.8 Å². The highest BCUT2D eigenvalue weighted by molar-refractivity contribution is 5.88. The Morgan fingerprint density at radius 3 is 3.04 bits per heavy atom. The number of anilines is 2. The quantitative estimate of drug-likeness (QED) is 0.816. The molecule has 152 valence electrons. The number of carbonyl (C=O) groups is 1. The third kappa shape index (κ3) is 4.30. The number of piperidine rings is 1. The molecule has 0 aliphatic carbocycles. The number of ether oxygens (including phenoxy) is 1. The van der Waals surface area contributed by atoms with Gasteiger partial charge in [0.2, 0.25) is 0 Å². The normalized spacial score (nSPS) is 22.4. The summed E-state index contributed by atoms with van der Waals surface area (Å²) in [6, 6.07) is 3.84. The number of aromatic nitrogens is 4. The SMILES string of the molecule is Cc1cc(N2CCCC(NC(=O)Nc3ccnn3CC3CCOC3)C2)n(C)n1. The van der Waals surface area contributed by atoms with Crippen LogP contribution in [0.4, 0.5) is 16.4 Å². The fourth-order valence-electron chi connectivity index (χ4n) is 4.09. The minimum Gasteiger partial charge on any atom is -0.381 e. The van der Waals surface area contributed by atoms with E-state index >= 15 is 0 Å². The molecule has 0 radical (unpaired) electrons. The summed E-state index contributed by atoms with van der Waals surface area (Å²) in [7, 11) is 1.96. The molecule has 2 aliphatic rings. The van der Waals surface area contributed by atoms with E-state index in [0.29, 0.717) is 5.92 Å². The monoisotopic (exact) mass is 387 g/mol. The highest BCUT2D eigenvalue weighted by Gasteiger charge is 2.24. The molecule has 2 aromatic heterocycles. The predicted molar refractivity (Wildman–Crippen MR) is 106 cm³/mol. The van der Waals surface area contributed by atoms with Gasteiger partial charge in [0.25, 0.3) is 0 Å². The smallest absolute Gasteiger partial charge is 0.320 e. The maximum absolute atomic E-state index is 12.6. The summed E-state index contributed by atoms with van der Waals surface area (Å²) in [5.74, 6) is 2.28. The summed E-state index contributed by atoms with van der Waals surface area (Å²) in [5, 5.41) is 14.8. The molecule has 2 unspecified atom stereocenters. The fraction of sp³-hybridized carbons (Fsp3) is 0.632. The maximum Gasteiger partial charge on any atom is 0.320 e. The number of nitrogens with zero attached hydrogens (tertiary/aromatic N) is 5. The molecule has 0 spiro atoms. The van der Waals surface area contributed by atoms with Crippen molar-refractivity contribution in [2.45, 2.75) is 38.8 Å². The van der Waals surface area contributed by atoms with Crippen LogP contribution in [-0.4, -0.2) is 57.9 Å². The summed E-state index contributed by atoms with van der Waals surface area (Å²) in [5.41, 5.74) is 1.01. The standard InChI is InChI=1S/C19H29N7O2/c1-14-10-18(24(2)23-14)25-8-3-4-16(12-25)21-19(27)22-17-5-7-20-26(17)11-15-6-9-28-13-15/h5,7,10,15-16H,3-4,6,8-9,11-13H2,1-2H3,(H2,21,22,27). The Morgan fingerprint density at radius 1 is 1.39 bits per heavy atom. The van der Waals surface area contributed by atoms with Crippen molar-refractivity contribution in [1.82, 2.24) is 24.9 Å². The average Bonchev–Trinajstić information content (AvgIpc) is 3.39. The number of amides is 2. The molecule has 2 fully saturated rings. The zero-order valence-electron chi connectivity index (χ0n) is 16.6. The van der Waals surface area contributed by atoms with E-state index < -0.39 is 0 Å². The largest absolute Gasteiger partial charge is 0.381 e. The lowest BCUT2D eigenvalue weighted by atomic mass is 10.1. The van der Waals surface area contributed by atoms with Crippen LogP contribution in [0.2, 0.25) is 0 Å². The first-order valence-corrected chi connectivity index (χ1v) is 10.0. The van der Waals surface area contributed by atoms with Gasteiger partial charge >= 0.3 is 6.03 Å². The van der Waals surface area contributed by atoms with E-state index in [4.69, 9.17) is 4.74 Å². The van der Waals surface area contributed by atoms with Gasteiger partial charge < -0.3 is 15.0 Å². The van der Waals surface area contributed by atoms with Gasteiger partial charge in [0.15, 0.2) is 0 Å². The summed E-state index contributed by atoms with van der Waals surface area (Å²) >= 11 is 0. The molecule has 2 amide bonds. The lowest BCUT2D eigenvalue weighted by Gasteiger charge is -2.34. The van der Waals surface area contributed by atoms with Gasteiger partial charge in [-0.15, -0.1) is 0 Å². The Labute approximate surface area is 165 Å². The van der Waals surface area contributed by atoms with Crippen LogP contribution in [0.3, 0.4) is 0 Å². The van der Waals surface area contributed by atoms with Crippen molar-refractivity contribution in [3.63, 3.8) is 0 Å². The van der Waals surface area contributed by atoms with E-state index in [1.165, 1.54) is 0 Å². The van der Waals surface area contributed by atoms with Crippen molar-refractivity contribution in [3.05, 3.63) is 24.0 Å². The predicted octanol–water partition coefficient (Wildman–Crippen LogP) is 1.75. The minimum absolute atomic E-state index is 0.101. The van der Waals surface area contributed by atoms with E-state index in [9.17, 15) is 4.79 Å².